The third-order valence-electron chi connectivity index (χ3n) is 3.77. The second-order valence-electron chi connectivity index (χ2n) is 5.38. The largest absolute Gasteiger partial charge is 0.394 e. The van der Waals surface area contributed by atoms with E-state index < -0.39 is 36.8 Å². The van der Waals surface area contributed by atoms with Gasteiger partial charge in [0.05, 0.1) is 18.9 Å². The van der Waals surface area contributed by atoms with Crippen molar-refractivity contribution >= 4 is 5.82 Å². The molecule has 2 aromatic heterocycles. The van der Waals surface area contributed by atoms with Gasteiger partial charge >= 0.3 is 5.69 Å². The number of nitrogens with two attached hydrogens (primary N) is 1. The van der Waals surface area contributed by atoms with Crippen molar-refractivity contribution in [2.75, 3.05) is 12.3 Å². The Bertz CT molecular complexity index is 738. The molecular formula is C15H18N4O5. The van der Waals surface area contributed by atoms with Crippen LogP contribution in [0.25, 0.3) is 0 Å². The van der Waals surface area contributed by atoms with E-state index in [4.69, 9.17) is 15.2 Å². The molecule has 1 aliphatic heterocycles. The molecule has 4 N–H and O–H groups in total. The smallest absolute Gasteiger partial charge is 0.351 e. The van der Waals surface area contributed by atoms with Gasteiger partial charge < -0.3 is 25.4 Å². The number of aliphatic hydroxyl groups excluding tert-OH is 2. The maximum atomic E-state index is 12.0. The highest BCUT2D eigenvalue weighted by Gasteiger charge is 2.45. The zero-order chi connectivity index (χ0) is 17.1. The molecule has 0 saturated carbocycles. The van der Waals surface area contributed by atoms with Crippen LogP contribution < -0.4 is 11.4 Å². The molecule has 0 aromatic carbocycles. The summed E-state index contributed by atoms with van der Waals surface area (Å²) in [6.07, 6.45) is -0.725. The molecule has 0 bridgehead atoms. The Balaban J connectivity index is 1.83. The molecule has 1 unspecified atom stereocenters. The number of aliphatic hydroxyl groups is 2. The first-order chi connectivity index (χ1) is 11.6. The molecule has 1 fully saturated rings. The number of ether oxygens (including phenoxy) is 2. The first-order valence-electron chi connectivity index (χ1n) is 7.40. The monoisotopic (exact) mass is 334 g/mol. The van der Waals surface area contributed by atoms with Crippen molar-refractivity contribution in [2.24, 2.45) is 0 Å². The van der Waals surface area contributed by atoms with Crippen LogP contribution in [-0.4, -0.2) is 49.7 Å². The average molecular weight is 334 g/mol. The highest BCUT2D eigenvalue weighted by atomic mass is 16.6. The minimum absolute atomic E-state index is 0.0828. The lowest BCUT2D eigenvalue weighted by Crippen LogP contribution is -2.38. The lowest BCUT2D eigenvalue weighted by Gasteiger charge is -2.22. The molecular weight excluding hydrogens is 316 g/mol. The van der Waals surface area contributed by atoms with Crippen LogP contribution in [0.5, 0.6) is 0 Å². The minimum Gasteiger partial charge on any atom is -0.394 e. The molecule has 4 atom stereocenters. The highest BCUT2D eigenvalue weighted by Crippen LogP contribution is 2.31. The predicted octanol–water partition coefficient (Wildman–Crippen LogP) is -0.944. The predicted molar refractivity (Wildman–Crippen MR) is 82.7 cm³/mol. The zero-order valence-electron chi connectivity index (χ0n) is 12.7. The third-order valence-corrected chi connectivity index (χ3v) is 3.77. The number of nitrogens with zero attached hydrogens (tertiary/aromatic N) is 3. The van der Waals surface area contributed by atoms with Crippen LogP contribution in [0.2, 0.25) is 0 Å². The molecule has 1 aliphatic rings. The van der Waals surface area contributed by atoms with E-state index in [1.54, 1.807) is 18.3 Å². The number of hydrogen-bond acceptors (Lipinski definition) is 8. The van der Waals surface area contributed by atoms with Crippen LogP contribution >= 0.6 is 0 Å². The van der Waals surface area contributed by atoms with Gasteiger partial charge in [0.2, 0.25) is 0 Å². The molecule has 0 amide bonds. The summed E-state index contributed by atoms with van der Waals surface area (Å²) in [4.78, 5) is 19.8. The standard InChI is InChI=1S/C15H18N4O5/c16-11-4-6-19(15(22)18-11)14-13(12(21)10(7-20)24-14)23-8-9-3-1-2-5-17-9/h1-6,10,12-14,20-21H,7-8H2,(H2,16,18,22)/t10-,12?,13+,14-/m1/s1. The Morgan fingerprint density at radius 2 is 2.21 bits per heavy atom. The summed E-state index contributed by atoms with van der Waals surface area (Å²) in [5.74, 6) is 0.0828. The first kappa shape index (κ1) is 16.5. The molecule has 0 radical (unpaired) electrons. The van der Waals surface area contributed by atoms with Crippen LogP contribution in [0.15, 0.2) is 41.5 Å². The maximum absolute atomic E-state index is 12.0. The van der Waals surface area contributed by atoms with Crippen molar-refractivity contribution in [1.29, 1.82) is 0 Å². The van der Waals surface area contributed by atoms with Crippen molar-refractivity contribution < 1.29 is 19.7 Å². The van der Waals surface area contributed by atoms with Crippen molar-refractivity contribution in [3.8, 4) is 0 Å². The Morgan fingerprint density at radius 3 is 2.88 bits per heavy atom. The Kier molecular flexibility index (Phi) is 4.86. The summed E-state index contributed by atoms with van der Waals surface area (Å²) >= 11 is 0. The molecule has 1 saturated heterocycles. The van der Waals surface area contributed by atoms with Crippen LogP contribution in [-0.2, 0) is 16.1 Å². The average Bonchev–Trinajstić information content (AvgIpc) is 2.90. The van der Waals surface area contributed by atoms with Crippen molar-refractivity contribution in [3.05, 3.63) is 52.8 Å². The molecule has 24 heavy (non-hydrogen) atoms. The lowest BCUT2D eigenvalue weighted by atomic mass is 10.1. The van der Waals surface area contributed by atoms with Crippen LogP contribution in [0.4, 0.5) is 5.82 Å². The Morgan fingerprint density at radius 1 is 1.38 bits per heavy atom. The van der Waals surface area contributed by atoms with E-state index in [9.17, 15) is 15.0 Å². The Hall–Kier alpha value is -2.33. The number of rotatable bonds is 5. The third kappa shape index (κ3) is 3.29. The fraction of sp³-hybridized carbons (Fsp3) is 0.400. The minimum atomic E-state index is -1.10. The quantitative estimate of drug-likeness (QED) is 0.638. The SMILES string of the molecule is Nc1ccn([C@@H]2O[C@H](CO)C(O)[C@@H]2OCc2ccccn2)c(=O)n1. The number of anilines is 1. The molecule has 3 heterocycles. The summed E-state index contributed by atoms with van der Waals surface area (Å²) in [5, 5.41) is 19.7. The van der Waals surface area contributed by atoms with Crippen molar-refractivity contribution in [3.63, 3.8) is 0 Å². The second-order valence-corrected chi connectivity index (χ2v) is 5.38. The van der Waals surface area contributed by atoms with E-state index >= 15 is 0 Å². The molecule has 0 spiro atoms. The zero-order valence-corrected chi connectivity index (χ0v) is 12.7. The Labute approximate surface area is 137 Å². The van der Waals surface area contributed by atoms with Gasteiger partial charge in [-0.15, -0.1) is 0 Å². The van der Waals surface area contributed by atoms with Gasteiger partial charge in [-0.05, 0) is 18.2 Å². The molecule has 9 nitrogen and oxygen atoms in total. The summed E-state index contributed by atoms with van der Waals surface area (Å²) in [6.45, 7) is -0.282. The summed E-state index contributed by atoms with van der Waals surface area (Å²) in [6, 6.07) is 6.81. The topological polar surface area (TPSA) is 133 Å². The number of pyridine rings is 1. The van der Waals surface area contributed by atoms with Crippen LogP contribution in [0.1, 0.15) is 11.9 Å². The maximum Gasteiger partial charge on any atom is 0.351 e. The molecule has 2 aromatic rings. The van der Waals surface area contributed by atoms with E-state index in [0.717, 1.165) is 0 Å². The first-order valence-corrected chi connectivity index (χ1v) is 7.40. The van der Waals surface area contributed by atoms with Crippen LogP contribution in [0, 0.1) is 0 Å². The highest BCUT2D eigenvalue weighted by molar-refractivity contribution is 5.23. The van der Waals surface area contributed by atoms with E-state index in [0.29, 0.717) is 5.69 Å². The fourth-order valence-electron chi connectivity index (χ4n) is 2.56. The lowest BCUT2D eigenvalue weighted by molar-refractivity contribution is -0.0802. The molecule has 128 valence electrons. The van der Waals surface area contributed by atoms with Gasteiger partial charge in [-0.25, -0.2) is 4.79 Å². The van der Waals surface area contributed by atoms with Gasteiger partial charge in [0.1, 0.15) is 24.1 Å². The van der Waals surface area contributed by atoms with Gasteiger partial charge in [0.15, 0.2) is 6.23 Å². The molecule has 3 rings (SSSR count). The summed E-state index contributed by atoms with van der Waals surface area (Å²) in [7, 11) is 0. The number of hydrogen-bond donors (Lipinski definition) is 3. The van der Waals surface area contributed by atoms with E-state index in [1.165, 1.54) is 16.8 Å². The van der Waals surface area contributed by atoms with Gasteiger partial charge in [-0.1, -0.05) is 6.07 Å². The molecule has 0 aliphatic carbocycles. The van der Waals surface area contributed by atoms with Crippen LogP contribution in [0.3, 0.4) is 0 Å². The normalized spacial score (nSPS) is 26.6. The summed E-state index contributed by atoms with van der Waals surface area (Å²) in [5.41, 5.74) is 5.52. The van der Waals surface area contributed by atoms with Gasteiger partial charge in [-0.2, -0.15) is 4.98 Å². The fourth-order valence-corrected chi connectivity index (χ4v) is 2.56. The number of aromatic nitrogens is 3. The second kappa shape index (κ2) is 7.05. The summed E-state index contributed by atoms with van der Waals surface area (Å²) < 4.78 is 12.5. The van der Waals surface area contributed by atoms with E-state index in [1.807, 2.05) is 6.07 Å². The van der Waals surface area contributed by atoms with Gasteiger partial charge in [-0.3, -0.25) is 9.55 Å². The van der Waals surface area contributed by atoms with Crippen molar-refractivity contribution in [1.82, 2.24) is 14.5 Å². The van der Waals surface area contributed by atoms with Gasteiger partial charge in [0, 0.05) is 12.4 Å². The molecule has 9 heteroatoms. The van der Waals surface area contributed by atoms with E-state index in [-0.39, 0.29) is 12.4 Å². The van der Waals surface area contributed by atoms with E-state index in [2.05, 4.69) is 9.97 Å². The van der Waals surface area contributed by atoms with Gasteiger partial charge in [0.25, 0.3) is 0 Å². The number of nitrogen functional groups attached to an aromatic ring is 1. The van der Waals surface area contributed by atoms with Crippen molar-refractivity contribution in [2.45, 2.75) is 31.1 Å².